The van der Waals surface area contributed by atoms with Crippen LogP contribution in [0.4, 0.5) is 5.69 Å². The predicted molar refractivity (Wildman–Crippen MR) is 145 cm³/mol. The molecule has 1 N–H and O–H groups in total. The number of rotatable bonds is 10. The molecule has 0 spiro atoms. The molecule has 2 amide bonds. The number of ether oxygens (including phenoxy) is 1. The van der Waals surface area contributed by atoms with Gasteiger partial charge in [0.25, 0.3) is 10.0 Å². The van der Waals surface area contributed by atoms with Crippen LogP contribution in [0, 0.1) is 0 Å². The SMILES string of the molecule is CNC(=O)[C@@H](C)N(Cc1cccc(Cl)c1)C(=O)CN(c1cc(Cl)ccc1OC)S(=O)(=O)c1ccccc1. The fourth-order valence-corrected chi connectivity index (χ4v) is 5.53. The molecule has 0 aliphatic carbocycles. The van der Waals surface area contributed by atoms with E-state index >= 15 is 0 Å². The van der Waals surface area contributed by atoms with Gasteiger partial charge in [0, 0.05) is 23.6 Å². The van der Waals surface area contributed by atoms with Crippen LogP contribution in [0.5, 0.6) is 5.75 Å². The number of nitrogens with one attached hydrogen (secondary N) is 1. The highest BCUT2D eigenvalue weighted by molar-refractivity contribution is 7.92. The molecule has 3 aromatic carbocycles. The highest BCUT2D eigenvalue weighted by Crippen LogP contribution is 2.35. The molecule has 0 heterocycles. The summed E-state index contributed by atoms with van der Waals surface area (Å²) >= 11 is 12.3. The zero-order valence-electron chi connectivity index (χ0n) is 20.5. The second-order valence-corrected chi connectivity index (χ2v) is 10.8. The Morgan fingerprint density at radius 3 is 2.27 bits per heavy atom. The third kappa shape index (κ3) is 6.74. The number of carbonyl (C=O) groups is 2. The number of methoxy groups -OCH3 is 1. The van der Waals surface area contributed by atoms with Crippen molar-refractivity contribution in [3.8, 4) is 5.75 Å². The Morgan fingerprint density at radius 1 is 0.973 bits per heavy atom. The van der Waals surface area contributed by atoms with E-state index in [4.69, 9.17) is 27.9 Å². The third-order valence-corrected chi connectivity index (χ3v) is 7.92. The molecular formula is C26H27Cl2N3O5S. The van der Waals surface area contributed by atoms with Crippen molar-refractivity contribution < 1.29 is 22.7 Å². The molecule has 37 heavy (non-hydrogen) atoms. The van der Waals surface area contributed by atoms with Crippen LogP contribution in [0.15, 0.2) is 77.7 Å². The second kappa shape index (κ2) is 12.3. The Morgan fingerprint density at radius 2 is 1.65 bits per heavy atom. The molecule has 1 atom stereocenters. The summed E-state index contributed by atoms with van der Waals surface area (Å²) in [6.07, 6.45) is 0. The molecule has 3 rings (SSSR count). The highest BCUT2D eigenvalue weighted by Gasteiger charge is 2.33. The maximum Gasteiger partial charge on any atom is 0.264 e. The number of benzene rings is 3. The molecule has 0 unspecified atom stereocenters. The largest absolute Gasteiger partial charge is 0.495 e. The van der Waals surface area contributed by atoms with E-state index in [0.29, 0.717) is 10.6 Å². The number of sulfonamides is 1. The van der Waals surface area contributed by atoms with Crippen molar-refractivity contribution >= 4 is 50.7 Å². The van der Waals surface area contributed by atoms with E-state index in [0.717, 1.165) is 4.31 Å². The van der Waals surface area contributed by atoms with E-state index in [1.54, 1.807) is 55.5 Å². The number of hydrogen-bond donors (Lipinski definition) is 1. The van der Waals surface area contributed by atoms with Crippen LogP contribution < -0.4 is 14.4 Å². The third-order valence-electron chi connectivity index (χ3n) is 5.68. The summed E-state index contributed by atoms with van der Waals surface area (Å²) in [6.45, 7) is 0.979. The van der Waals surface area contributed by atoms with Crippen LogP contribution >= 0.6 is 23.2 Å². The average Bonchev–Trinajstić information content (AvgIpc) is 2.89. The second-order valence-electron chi connectivity index (χ2n) is 8.08. The average molecular weight is 564 g/mol. The molecule has 0 aromatic heterocycles. The van der Waals surface area contributed by atoms with Crippen LogP contribution in [0.3, 0.4) is 0 Å². The first-order valence-corrected chi connectivity index (χ1v) is 13.4. The van der Waals surface area contributed by atoms with Crippen LogP contribution in [0.25, 0.3) is 0 Å². The number of anilines is 1. The lowest BCUT2D eigenvalue weighted by Crippen LogP contribution is -2.50. The Kier molecular flexibility index (Phi) is 9.42. The van der Waals surface area contributed by atoms with Gasteiger partial charge < -0.3 is 15.0 Å². The van der Waals surface area contributed by atoms with Crippen molar-refractivity contribution in [2.45, 2.75) is 24.4 Å². The molecule has 0 fully saturated rings. The number of nitrogens with zero attached hydrogens (tertiary/aromatic N) is 2. The molecule has 8 nitrogen and oxygen atoms in total. The van der Waals surface area contributed by atoms with Crippen LogP contribution in [0.2, 0.25) is 10.0 Å². The molecule has 0 aliphatic rings. The zero-order chi connectivity index (χ0) is 27.2. The number of halogens is 2. The van der Waals surface area contributed by atoms with Gasteiger partial charge in [-0.15, -0.1) is 0 Å². The molecule has 3 aromatic rings. The van der Waals surface area contributed by atoms with Gasteiger partial charge >= 0.3 is 0 Å². The molecule has 0 saturated carbocycles. The first-order chi connectivity index (χ1) is 17.6. The summed E-state index contributed by atoms with van der Waals surface area (Å²) in [5.41, 5.74) is 0.761. The van der Waals surface area contributed by atoms with Crippen molar-refractivity contribution in [2.75, 3.05) is 25.0 Å². The lowest BCUT2D eigenvalue weighted by Gasteiger charge is -2.32. The molecule has 0 radical (unpaired) electrons. The normalized spacial score (nSPS) is 11.9. The van der Waals surface area contributed by atoms with Crippen LogP contribution in [0.1, 0.15) is 12.5 Å². The van der Waals surface area contributed by atoms with E-state index in [1.165, 1.54) is 43.3 Å². The summed E-state index contributed by atoms with van der Waals surface area (Å²) in [5.74, 6) is -0.816. The monoisotopic (exact) mass is 563 g/mol. The van der Waals surface area contributed by atoms with Gasteiger partial charge in [-0.05, 0) is 55.0 Å². The van der Waals surface area contributed by atoms with Gasteiger partial charge in [-0.1, -0.05) is 53.5 Å². The van der Waals surface area contributed by atoms with Gasteiger partial charge in [-0.2, -0.15) is 0 Å². The molecule has 0 aliphatic heterocycles. The zero-order valence-corrected chi connectivity index (χ0v) is 22.8. The van der Waals surface area contributed by atoms with E-state index < -0.39 is 34.4 Å². The van der Waals surface area contributed by atoms with Crippen molar-refractivity contribution in [3.63, 3.8) is 0 Å². The van der Waals surface area contributed by atoms with E-state index in [2.05, 4.69) is 5.32 Å². The minimum Gasteiger partial charge on any atom is -0.495 e. The predicted octanol–water partition coefficient (Wildman–Crippen LogP) is 4.36. The molecule has 196 valence electrons. The summed E-state index contributed by atoms with van der Waals surface area (Å²) in [6, 6.07) is 18.2. The van der Waals surface area contributed by atoms with E-state index in [1.807, 2.05) is 0 Å². The van der Waals surface area contributed by atoms with Gasteiger partial charge in [0.1, 0.15) is 18.3 Å². The number of carbonyl (C=O) groups excluding carboxylic acids is 2. The summed E-state index contributed by atoms with van der Waals surface area (Å²) < 4.78 is 33.9. The quantitative estimate of drug-likeness (QED) is 0.395. The minimum atomic E-state index is -4.24. The molecule has 0 bridgehead atoms. The lowest BCUT2D eigenvalue weighted by molar-refractivity contribution is -0.139. The summed E-state index contributed by atoms with van der Waals surface area (Å²) in [4.78, 5) is 27.6. The van der Waals surface area contributed by atoms with Crippen molar-refractivity contribution in [3.05, 3.63) is 88.4 Å². The maximum absolute atomic E-state index is 13.8. The number of likely N-dealkylation sites (N-methyl/N-ethyl adjacent to an activating group) is 1. The Labute approximate surface area is 226 Å². The fourth-order valence-electron chi connectivity index (χ4n) is 3.71. The van der Waals surface area contributed by atoms with Gasteiger partial charge in [-0.25, -0.2) is 8.42 Å². The molecule has 0 saturated heterocycles. The fraction of sp³-hybridized carbons (Fsp3) is 0.231. The number of hydrogen-bond acceptors (Lipinski definition) is 5. The first kappa shape index (κ1) is 28.3. The van der Waals surface area contributed by atoms with Crippen LogP contribution in [-0.2, 0) is 26.2 Å². The number of amides is 2. The maximum atomic E-state index is 13.8. The Hall–Kier alpha value is -3.27. The highest BCUT2D eigenvalue weighted by atomic mass is 35.5. The smallest absolute Gasteiger partial charge is 0.264 e. The topological polar surface area (TPSA) is 96.0 Å². The van der Waals surface area contributed by atoms with E-state index in [-0.39, 0.29) is 27.9 Å². The van der Waals surface area contributed by atoms with Gasteiger partial charge in [-0.3, -0.25) is 13.9 Å². The van der Waals surface area contributed by atoms with Crippen molar-refractivity contribution in [2.24, 2.45) is 0 Å². The van der Waals surface area contributed by atoms with Gasteiger partial charge in [0.2, 0.25) is 11.8 Å². The van der Waals surface area contributed by atoms with Gasteiger partial charge in [0.15, 0.2) is 0 Å². The summed E-state index contributed by atoms with van der Waals surface area (Å²) in [5, 5.41) is 3.26. The lowest BCUT2D eigenvalue weighted by atomic mass is 10.1. The minimum absolute atomic E-state index is 0.0226. The van der Waals surface area contributed by atoms with Crippen molar-refractivity contribution in [1.29, 1.82) is 0 Å². The van der Waals surface area contributed by atoms with Gasteiger partial charge in [0.05, 0.1) is 17.7 Å². The standard InChI is InChI=1S/C26H27Cl2N3O5S/c1-18(26(33)29-2)30(16-19-8-7-9-20(27)14-19)25(32)17-31(23-15-21(28)12-13-24(23)36-3)37(34,35)22-10-5-4-6-11-22/h4-15,18H,16-17H2,1-3H3,(H,29,33)/t18-/m1/s1. The van der Waals surface area contributed by atoms with Crippen molar-refractivity contribution in [1.82, 2.24) is 10.2 Å². The first-order valence-electron chi connectivity index (χ1n) is 11.2. The molecular weight excluding hydrogens is 537 g/mol. The molecule has 11 heteroatoms. The van der Waals surface area contributed by atoms with Crippen LogP contribution in [-0.4, -0.2) is 51.9 Å². The van der Waals surface area contributed by atoms with E-state index in [9.17, 15) is 18.0 Å². The Bertz CT molecular complexity index is 1370. The Balaban J connectivity index is 2.10. The summed E-state index contributed by atoms with van der Waals surface area (Å²) in [7, 11) is -1.39.